The standard InChI is InChI=1S/C13H29N3O4S/c1-6-14-12(16-11-13(2,3)19-4)15-7-8-20-9-10-21(5,17)18/h6-11H2,1-5H3,(H2,14,15,16). The average Bonchev–Trinajstić information content (AvgIpc) is 2.38. The van der Waals surface area contributed by atoms with Crippen LogP contribution in [0.4, 0.5) is 0 Å². The number of hydrogen-bond acceptors (Lipinski definition) is 5. The fourth-order valence-electron chi connectivity index (χ4n) is 1.23. The second kappa shape index (κ2) is 9.97. The predicted molar refractivity (Wildman–Crippen MR) is 85.6 cm³/mol. The van der Waals surface area contributed by atoms with Crippen molar-refractivity contribution in [2.45, 2.75) is 26.4 Å². The Labute approximate surface area is 128 Å². The Morgan fingerprint density at radius 2 is 1.90 bits per heavy atom. The maximum atomic E-state index is 10.9. The highest BCUT2D eigenvalue weighted by Gasteiger charge is 2.15. The third kappa shape index (κ3) is 12.6. The Balaban J connectivity index is 4.02. The van der Waals surface area contributed by atoms with Crippen molar-refractivity contribution in [2.75, 3.05) is 52.0 Å². The molecule has 0 saturated heterocycles. The molecule has 0 heterocycles. The summed E-state index contributed by atoms with van der Waals surface area (Å²) < 4.78 is 32.4. The van der Waals surface area contributed by atoms with Crippen LogP contribution in [0.1, 0.15) is 20.8 Å². The summed E-state index contributed by atoms with van der Waals surface area (Å²) in [4.78, 5) is 4.43. The van der Waals surface area contributed by atoms with Crippen LogP contribution in [0.3, 0.4) is 0 Å². The first-order valence-corrected chi connectivity index (χ1v) is 9.09. The molecule has 0 rings (SSSR count). The lowest BCUT2D eigenvalue weighted by molar-refractivity contribution is 0.0310. The quantitative estimate of drug-likeness (QED) is 0.335. The van der Waals surface area contributed by atoms with Gasteiger partial charge in [-0.3, -0.25) is 4.99 Å². The summed E-state index contributed by atoms with van der Waals surface area (Å²) in [7, 11) is -1.30. The number of aliphatic imine (C=N–C) groups is 1. The average molecular weight is 323 g/mol. The van der Waals surface area contributed by atoms with Gasteiger partial charge in [-0.05, 0) is 20.8 Å². The van der Waals surface area contributed by atoms with Crippen LogP contribution in [0.2, 0.25) is 0 Å². The van der Waals surface area contributed by atoms with Gasteiger partial charge in [0.2, 0.25) is 0 Å². The van der Waals surface area contributed by atoms with E-state index in [1.807, 2.05) is 20.8 Å². The highest BCUT2D eigenvalue weighted by molar-refractivity contribution is 7.90. The van der Waals surface area contributed by atoms with Crippen LogP contribution in [-0.2, 0) is 19.3 Å². The number of guanidine groups is 1. The molecule has 0 aromatic carbocycles. The molecule has 0 aliphatic heterocycles. The van der Waals surface area contributed by atoms with Crippen molar-refractivity contribution in [1.82, 2.24) is 10.6 Å². The monoisotopic (exact) mass is 323 g/mol. The molecule has 8 heteroatoms. The third-order valence-electron chi connectivity index (χ3n) is 2.65. The SMILES string of the molecule is CCNC(=NCC(C)(C)OC)NCCOCCS(C)(=O)=O. The Bertz CT molecular complexity index is 408. The van der Waals surface area contributed by atoms with Crippen molar-refractivity contribution in [3.05, 3.63) is 0 Å². The lowest BCUT2D eigenvalue weighted by atomic mass is 10.1. The minimum atomic E-state index is -2.96. The van der Waals surface area contributed by atoms with Crippen molar-refractivity contribution in [2.24, 2.45) is 4.99 Å². The fourth-order valence-corrected chi connectivity index (χ4v) is 1.65. The van der Waals surface area contributed by atoms with E-state index in [1.54, 1.807) is 7.11 Å². The molecule has 0 aromatic rings. The van der Waals surface area contributed by atoms with Crippen molar-refractivity contribution in [3.63, 3.8) is 0 Å². The molecule has 0 aliphatic carbocycles. The first-order chi connectivity index (χ1) is 9.70. The maximum Gasteiger partial charge on any atom is 0.191 e. The molecule has 0 aliphatic rings. The van der Waals surface area contributed by atoms with Crippen LogP contribution in [-0.4, -0.2) is 71.9 Å². The van der Waals surface area contributed by atoms with Crippen LogP contribution < -0.4 is 10.6 Å². The van der Waals surface area contributed by atoms with Gasteiger partial charge in [0.15, 0.2) is 5.96 Å². The van der Waals surface area contributed by atoms with Gasteiger partial charge in [-0.1, -0.05) is 0 Å². The molecule has 0 aromatic heterocycles. The van der Waals surface area contributed by atoms with Gasteiger partial charge in [-0.15, -0.1) is 0 Å². The molecule has 126 valence electrons. The van der Waals surface area contributed by atoms with Crippen molar-refractivity contribution < 1.29 is 17.9 Å². The number of sulfone groups is 1. The summed E-state index contributed by atoms with van der Waals surface area (Å²) in [6.45, 7) is 8.41. The van der Waals surface area contributed by atoms with E-state index in [0.717, 1.165) is 6.54 Å². The first kappa shape index (κ1) is 20.1. The summed E-state index contributed by atoms with van der Waals surface area (Å²) in [5, 5.41) is 6.25. The van der Waals surface area contributed by atoms with Gasteiger partial charge in [0.05, 0.1) is 31.1 Å². The van der Waals surface area contributed by atoms with Crippen molar-refractivity contribution >= 4 is 15.8 Å². The van der Waals surface area contributed by atoms with E-state index in [2.05, 4.69) is 15.6 Å². The van der Waals surface area contributed by atoms with E-state index in [9.17, 15) is 8.42 Å². The Morgan fingerprint density at radius 1 is 1.24 bits per heavy atom. The zero-order valence-electron chi connectivity index (χ0n) is 13.7. The molecule has 0 saturated carbocycles. The van der Waals surface area contributed by atoms with E-state index in [-0.39, 0.29) is 18.0 Å². The molecule has 2 N–H and O–H groups in total. The summed E-state index contributed by atoms with van der Waals surface area (Å²) in [5.74, 6) is 0.734. The van der Waals surface area contributed by atoms with E-state index in [4.69, 9.17) is 9.47 Å². The summed E-state index contributed by atoms with van der Waals surface area (Å²) in [5.41, 5.74) is -0.311. The van der Waals surface area contributed by atoms with Crippen LogP contribution >= 0.6 is 0 Å². The molecule has 0 radical (unpaired) electrons. The molecule has 0 fully saturated rings. The molecule has 0 amide bonds. The number of nitrogens with one attached hydrogen (secondary N) is 2. The third-order valence-corrected chi connectivity index (χ3v) is 3.56. The second-order valence-electron chi connectivity index (χ2n) is 5.33. The van der Waals surface area contributed by atoms with Gasteiger partial charge < -0.3 is 20.1 Å². The molecule has 0 spiro atoms. The molecule has 21 heavy (non-hydrogen) atoms. The summed E-state index contributed by atoms with van der Waals surface area (Å²) in [6, 6.07) is 0. The Morgan fingerprint density at radius 3 is 2.43 bits per heavy atom. The predicted octanol–water partition coefficient (Wildman–Crippen LogP) is 0.0277. The topological polar surface area (TPSA) is 89.0 Å². The van der Waals surface area contributed by atoms with Crippen molar-refractivity contribution in [3.8, 4) is 0 Å². The number of ether oxygens (including phenoxy) is 2. The smallest absolute Gasteiger partial charge is 0.191 e. The van der Waals surface area contributed by atoms with Gasteiger partial charge >= 0.3 is 0 Å². The molecule has 0 bridgehead atoms. The van der Waals surface area contributed by atoms with Gasteiger partial charge in [0, 0.05) is 26.5 Å². The Hall–Kier alpha value is -0.860. The van der Waals surface area contributed by atoms with E-state index < -0.39 is 9.84 Å². The molecule has 7 nitrogen and oxygen atoms in total. The van der Waals surface area contributed by atoms with Gasteiger partial charge in [0.1, 0.15) is 9.84 Å². The minimum absolute atomic E-state index is 0.0448. The molecule has 0 atom stereocenters. The van der Waals surface area contributed by atoms with Crippen LogP contribution in [0, 0.1) is 0 Å². The molecule has 0 unspecified atom stereocenters. The fraction of sp³-hybridized carbons (Fsp3) is 0.923. The second-order valence-corrected chi connectivity index (χ2v) is 7.59. The maximum absolute atomic E-state index is 10.9. The lowest BCUT2D eigenvalue weighted by Crippen LogP contribution is -2.40. The van der Waals surface area contributed by atoms with Gasteiger partial charge in [-0.25, -0.2) is 8.42 Å². The number of nitrogens with zero attached hydrogens (tertiary/aromatic N) is 1. The van der Waals surface area contributed by atoms with Crippen molar-refractivity contribution in [1.29, 1.82) is 0 Å². The Kier molecular flexibility index (Phi) is 9.56. The summed E-state index contributed by atoms with van der Waals surface area (Å²) in [6.07, 6.45) is 1.20. The van der Waals surface area contributed by atoms with Crippen LogP contribution in [0.15, 0.2) is 4.99 Å². The number of methoxy groups -OCH3 is 1. The highest BCUT2D eigenvalue weighted by atomic mass is 32.2. The zero-order chi connectivity index (χ0) is 16.4. The van der Waals surface area contributed by atoms with Crippen LogP contribution in [0.25, 0.3) is 0 Å². The van der Waals surface area contributed by atoms with E-state index in [1.165, 1.54) is 6.26 Å². The van der Waals surface area contributed by atoms with Gasteiger partial charge in [-0.2, -0.15) is 0 Å². The minimum Gasteiger partial charge on any atom is -0.379 e. The highest BCUT2D eigenvalue weighted by Crippen LogP contribution is 2.06. The number of rotatable bonds is 10. The summed E-state index contributed by atoms with van der Waals surface area (Å²) >= 11 is 0. The zero-order valence-corrected chi connectivity index (χ0v) is 14.5. The first-order valence-electron chi connectivity index (χ1n) is 7.03. The molecular weight excluding hydrogens is 294 g/mol. The largest absolute Gasteiger partial charge is 0.379 e. The normalized spacial score (nSPS) is 13.3. The van der Waals surface area contributed by atoms with E-state index in [0.29, 0.717) is 25.7 Å². The van der Waals surface area contributed by atoms with Crippen LogP contribution in [0.5, 0.6) is 0 Å². The number of hydrogen-bond donors (Lipinski definition) is 2. The van der Waals surface area contributed by atoms with E-state index >= 15 is 0 Å². The molecular formula is C13H29N3O4S. The van der Waals surface area contributed by atoms with Gasteiger partial charge in [0.25, 0.3) is 0 Å². The lowest BCUT2D eigenvalue weighted by Gasteiger charge is -2.21.